The highest BCUT2D eigenvalue weighted by atomic mass is 35.5. The molecular weight excluding hydrogens is 240 g/mol. The van der Waals surface area contributed by atoms with Crippen molar-refractivity contribution < 1.29 is 9.53 Å². The number of nitrogens with zero attached hydrogens (tertiary/aromatic N) is 1. The highest BCUT2D eigenvalue weighted by molar-refractivity contribution is 6.30. The number of carbonyl (C=O) groups is 1. The summed E-state index contributed by atoms with van der Waals surface area (Å²) in [6.45, 7) is 1.01. The normalized spacial score (nSPS) is 15.3. The topological polar surface area (TPSA) is 55.6 Å². The predicted molar refractivity (Wildman–Crippen MR) is 66.9 cm³/mol. The van der Waals surface area contributed by atoms with Crippen LogP contribution in [0.25, 0.3) is 0 Å². The SMILES string of the molecule is COC(=O)C1=C(N)CN(c2ccc(Cl)cc2)C1. The minimum atomic E-state index is -0.362. The highest BCUT2D eigenvalue weighted by Gasteiger charge is 2.25. The molecule has 4 nitrogen and oxygen atoms in total. The summed E-state index contributed by atoms with van der Waals surface area (Å²) >= 11 is 5.82. The first-order valence-electron chi connectivity index (χ1n) is 5.18. The van der Waals surface area contributed by atoms with Crippen molar-refractivity contribution >= 4 is 23.3 Å². The van der Waals surface area contributed by atoms with Crippen LogP contribution < -0.4 is 10.6 Å². The molecule has 0 bridgehead atoms. The standard InChI is InChI=1S/C12H13ClN2O2/c1-17-12(16)10-6-15(7-11(10)14)9-4-2-8(13)3-5-9/h2-5H,6-7,14H2,1H3. The van der Waals surface area contributed by atoms with E-state index in [1.165, 1.54) is 7.11 Å². The summed E-state index contributed by atoms with van der Waals surface area (Å²) in [6.07, 6.45) is 0. The number of nitrogens with two attached hydrogens (primary N) is 1. The third-order valence-electron chi connectivity index (χ3n) is 2.72. The molecule has 0 aromatic heterocycles. The van der Waals surface area contributed by atoms with Crippen LogP contribution in [-0.4, -0.2) is 26.2 Å². The van der Waals surface area contributed by atoms with Crippen LogP contribution in [0.4, 0.5) is 5.69 Å². The molecule has 1 aliphatic rings. The summed E-state index contributed by atoms with van der Waals surface area (Å²) in [5.41, 5.74) is 7.90. The maximum atomic E-state index is 11.4. The number of carbonyl (C=O) groups excluding carboxylic acids is 1. The van der Waals surface area contributed by atoms with E-state index in [1.807, 2.05) is 29.2 Å². The molecular formula is C12H13ClN2O2. The fourth-order valence-corrected chi connectivity index (χ4v) is 1.93. The number of hydrogen-bond donors (Lipinski definition) is 1. The number of rotatable bonds is 2. The van der Waals surface area contributed by atoms with Crippen molar-refractivity contribution in [3.05, 3.63) is 40.6 Å². The van der Waals surface area contributed by atoms with E-state index in [-0.39, 0.29) is 5.97 Å². The molecule has 0 unspecified atom stereocenters. The average Bonchev–Trinajstić information content (AvgIpc) is 2.71. The Morgan fingerprint density at radius 1 is 1.35 bits per heavy atom. The third kappa shape index (κ3) is 2.36. The van der Waals surface area contributed by atoms with E-state index in [2.05, 4.69) is 4.74 Å². The van der Waals surface area contributed by atoms with E-state index >= 15 is 0 Å². The zero-order chi connectivity index (χ0) is 12.4. The van der Waals surface area contributed by atoms with Crippen LogP contribution in [0.15, 0.2) is 35.5 Å². The van der Waals surface area contributed by atoms with Crippen LogP contribution in [0.3, 0.4) is 0 Å². The zero-order valence-electron chi connectivity index (χ0n) is 9.44. The van der Waals surface area contributed by atoms with Gasteiger partial charge in [0.25, 0.3) is 0 Å². The van der Waals surface area contributed by atoms with Crippen LogP contribution in [0.2, 0.25) is 5.02 Å². The molecule has 0 aliphatic carbocycles. The van der Waals surface area contributed by atoms with Crippen molar-refractivity contribution in [1.29, 1.82) is 0 Å². The first-order chi connectivity index (χ1) is 8.11. The summed E-state index contributed by atoms with van der Waals surface area (Å²) in [7, 11) is 1.35. The van der Waals surface area contributed by atoms with Gasteiger partial charge in [-0.15, -0.1) is 0 Å². The van der Waals surface area contributed by atoms with E-state index in [4.69, 9.17) is 17.3 Å². The van der Waals surface area contributed by atoms with Gasteiger partial charge < -0.3 is 15.4 Å². The molecule has 5 heteroatoms. The van der Waals surface area contributed by atoms with Gasteiger partial charge in [-0.3, -0.25) is 0 Å². The minimum Gasteiger partial charge on any atom is -0.466 e. The van der Waals surface area contributed by atoms with E-state index in [9.17, 15) is 4.79 Å². The summed E-state index contributed by atoms with van der Waals surface area (Å²) in [5.74, 6) is -0.362. The Morgan fingerprint density at radius 3 is 2.59 bits per heavy atom. The highest BCUT2D eigenvalue weighted by Crippen LogP contribution is 2.24. The number of halogens is 1. The second-order valence-corrected chi connectivity index (χ2v) is 4.26. The molecule has 0 atom stereocenters. The second kappa shape index (κ2) is 4.67. The first-order valence-corrected chi connectivity index (χ1v) is 5.56. The van der Waals surface area contributed by atoms with Gasteiger partial charge in [-0.2, -0.15) is 0 Å². The van der Waals surface area contributed by atoms with E-state index in [1.54, 1.807) is 0 Å². The van der Waals surface area contributed by atoms with Crippen molar-refractivity contribution in [1.82, 2.24) is 0 Å². The van der Waals surface area contributed by atoms with Gasteiger partial charge in [0, 0.05) is 16.4 Å². The van der Waals surface area contributed by atoms with Crippen LogP contribution in [-0.2, 0) is 9.53 Å². The van der Waals surface area contributed by atoms with Gasteiger partial charge in [0.05, 0.1) is 25.8 Å². The van der Waals surface area contributed by atoms with Gasteiger partial charge in [-0.25, -0.2) is 4.79 Å². The molecule has 17 heavy (non-hydrogen) atoms. The van der Waals surface area contributed by atoms with Gasteiger partial charge in [0.1, 0.15) is 0 Å². The molecule has 1 heterocycles. The number of esters is 1. The van der Waals surface area contributed by atoms with Gasteiger partial charge in [0.2, 0.25) is 0 Å². The van der Waals surface area contributed by atoms with E-state index in [0.717, 1.165) is 5.69 Å². The lowest BCUT2D eigenvalue weighted by Gasteiger charge is -2.18. The van der Waals surface area contributed by atoms with Crippen LogP contribution in [0, 0.1) is 0 Å². The van der Waals surface area contributed by atoms with Crippen molar-refractivity contribution in [2.24, 2.45) is 5.73 Å². The summed E-state index contributed by atoms with van der Waals surface area (Å²) in [5, 5.41) is 0.682. The number of methoxy groups -OCH3 is 1. The van der Waals surface area contributed by atoms with Crippen LogP contribution in [0.1, 0.15) is 0 Å². The van der Waals surface area contributed by atoms with Gasteiger partial charge in [-0.05, 0) is 24.3 Å². The monoisotopic (exact) mass is 252 g/mol. The Labute approximate surface area is 105 Å². The lowest BCUT2D eigenvalue weighted by molar-refractivity contribution is -0.136. The van der Waals surface area contributed by atoms with Crippen molar-refractivity contribution in [2.75, 3.05) is 25.1 Å². The van der Waals surface area contributed by atoms with E-state index in [0.29, 0.717) is 29.4 Å². The zero-order valence-corrected chi connectivity index (χ0v) is 10.2. The Kier molecular flexibility index (Phi) is 3.24. The number of benzene rings is 1. The maximum absolute atomic E-state index is 11.4. The Bertz CT molecular complexity index is 468. The smallest absolute Gasteiger partial charge is 0.337 e. The Hall–Kier alpha value is -1.68. The van der Waals surface area contributed by atoms with Crippen molar-refractivity contribution in [3.8, 4) is 0 Å². The molecule has 0 saturated carbocycles. The average molecular weight is 253 g/mol. The molecule has 0 radical (unpaired) electrons. The molecule has 90 valence electrons. The van der Waals surface area contributed by atoms with Gasteiger partial charge in [0.15, 0.2) is 0 Å². The molecule has 1 aromatic carbocycles. The fraction of sp³-hybridized carbons (Fsp3) is 0.250. The summed E-state index contributed by atoms with van der Waals surface area (Å²) in [6, 6.07) is 7.41. The Balaban J connectivity index is 2.15. The molecule has 1 aliphatic heterocycles. The lowest BCUT2D eigenvalue weighted by atomic mass is 10.2. The molecule has 2 rings (SSSR count). The second-order valence-electron chi connectivity index (χ2n) is 3.83. The van der Waals surface area contributed by atoms with Gasteiger partial charge >= 0.3 is 5.97 Å². The number of anilines is 1. The third-order valence-corrected chi connectivity index (χ3v) is 2.97. The predicted octanol–water partition coefficient (Wildman–Crippen LogP) is 1.55. The Morgan fingerprint density at radius 2 is 2.00 bits per heavy atom. The molecule has 0 saturated heterocycles. The lowest BCUT2D eigenvalue weighted by Crippen LogP contribution is -2.22. The van der Waals surface area contributed by atoms with Crippen molar-refractivity contribution in [2.45, 2.75) is 0 Å². The maximum Gasteiger partial charge on any atom is 0.337 e. The molecule has 1 aromatic rings. The molecule has 2 N–H and O–H groups in total. The minimum absolute atomic E-state index is 0.362. The fourth-order valence-electron chi connectivity index (χ4n) is 1.80. The van der Waals surface area contributed by atoms with Crippen LogP contribution in [0.5, 0.6) is 0 Å². The van der Waals surface area contributed by atoms with Crippen LogP contribution >= 0.6 is 11.6 Å². The molecule has 0 amide bonds. The number of hydrogen-bond acceptors (Lipinski definition) is 4. The van der Waals surface area contributed by atoms with E-state index < -0.39 is 0 Å². The molecule has 0 spiro atoms. The van der Waals surface area contributed by atoms with Crippen molar-refractivity contribution in [3.63, 3.8) is 0 Å². The largest absolute Gasteiger partial charge is 0.466 e. The molecule has 0 fully saturated rings. The quantitative estimate of drug-likeness (QED) is 0.812. The summed E-state index contributed by atoms with van der Waals surface area (Å²) < 4.78 is 4.68. The number of ether oxygens (including phenoxy) is 1. The first kappa shape index (κ1) is 11.8. The summed E-state index contributed by atoms with van der Waals surface area (Å²) in [4.78, 5) is 13.4. The van der Waals surface area contributed by atoms with Gasteiger partial charge in [-0.1, -0.05) is 11.6 Å².